The molecule has 1 aliphatic heterocycles. The Morgan fingerprint density at radius 2 is 1.41 bits per heavy atom. The van der Waals surface area contributed by atoms with Crippen LogP contribution in [0.4, 0.5) is 0 Å². The molecule has 4 amide bonds. The van der Waals surface area contributed by atoms with Gasteiger partial charge in [0.05, 0.1) is 0 Å². The maximum Gasteiger partial charge on any atom is 0.245 e. The summed E-state index contributed by atoms with van der Waals surface area (Å²) in [5.41, 5.74) is 2.97. The van der Waals surface area contributed by atoms with E-state index < -0.39 is 24.0 Å². The van der Waals surface area contributed by atoms with Gasteiger partial charge in [-0.2, -0.15) is 0 Å². The van der Waals surface area contributed by atoms with E-state index in [1.807, 2.05) is 68.4 Å². The maximum absolute atomic E-state index is 13.3. The highest BCUT2D eigenvalue weighted by Crippen LogP contribution is 2.14. The average molecular weight is 507 g/mol. The average Bonchev–Trinajstić information content (AvgIpc) is 2.86. The molecular weight excluding hydrogens is 468 g/mol. The summed E-state index contributed by atoms with van der Waals surface area (Å²) >= 11 is 0. The molecule has 5 atom stereocenters. The molecule has 0 saturated carbocycles. The lowest BCUT2D eigenvalue weighted by Gasteiger charge is -2.29. The number of nitrogens with zero attached hydrogens (tertiary/aromatic N) is 1. The minimum atomic E-state index is -0.841. The van der Waals surface area contributed by atoms with Gasteiger partial charge in [-0.15, -0.1) is 0 Å². The number of carbonyl (C=O) groups is 4. The van der Waals surface area contributed by atoms with Crippen molar-refractivity contribution in [3.05, 3.63) is 71.3 Å². The summed E-state index contributed by atoms with van der Waals surface area (Å²) in [4.78, 5) is 53.6. The molecule has 198 valence electrons. The molecule has 2 aromatic rings. The van der Waals surface area contributed by atoms with Gasteiger partial charge in [-0.3, -0.25) is 19.2 Å². The third-order valence-corrected chi connectivity index (χ3v) is 6.86. The molecule has 0 radical (unpaired) electrons. The first-order chi connectivity index (χ1) is 17.5. The number of hydrogen-bond donors (Lipinski definition) is 3. The summed E-state index contributed by atoms with van der Waals surface area (Å²) in [7, 11) is 1.52. The first-order valence-electron chi connectivity index (χ1n) is 12.8. The minimum absolute atomic E-state index is 0.181. The van der Waals surface area contributed by atoms with E-state index in [4.69, 9.17) is 0 Å². The van der Waals surface area contributed by atoms with Gasteiger partial charge in [0.25, 0.3) is 0 Å². The predicted octanol–water partition coefficient (Wildman–Crippen LogP) is 2.01. The molecule has 8 nitrogen and oxygen atoms in total. The van der Waals surface area contributed by atoms with Crippen molar-refractivity contribution in [2.45, 2.75) is 71.1 Å². The van der Waals surface area contributed by atoms with Crippen LogP contribution in [0, 0.1) is 5.92 Å². The number of benzene rings is 2. The van der Waals surface area contributed by atoms with E-state index in [1.54, 1.807) is 13.8 Å². The lowest BCUT2D eigenvalue weighted by atomic mass is 9.96. The summed E-state index contributed by atoms with van der Waals surface area (Å²) in [6.45, 7) is 6.97. The van der Waals surface area contributed by atoms with Crippen LogP contribution in [0.5, 0.6) is 0 Å². The van der Waals surface area contributed by atoms with Crippen molar-refractivity contribution >= 4 is 23.6 Å². The fourth-order valence-corrected chi connectivity index (χ4v) is 4.52. The predicted molar refractivity (Wildman–Crippen MR) is 143 cm³/mol. The van der Waals surface area contributed by atoms with Crippen LogP contribution in [0.1, 0.15) is 44.4 Å². The van der Waals surface area contributed by atoms with E-state index >= 15 is 0 Å². The molecule has 0 saturated heterocycles. The quantitative estimate of drug-likeness (QED) is 0.579. The van der Waals surface area contributed by atoms with Gasteiger partial charge in [0.15, 0.2) is 0 Å². The van der Waals surface area contributed by atoms with Crippen molar-refractivity contribution in [1.82, 2.24) is 20.9 Å². The normalized spacial score (nSPS) is 26.4. The monoisotopic (exact) mass is 506 g/mol. The Labute approximate surface area is 219 Å². The van der Waals surface area contributed by atoms with E-state index in [2.05, 4.69) is 16.0 Å². The molecule has 0 aliphatic carbocycles. The minimum Gasteiger partial charge on any atom is -0.352 e. The maximum atomic E-state index is 13.3. The molecule has 0 unspecified atom stereocenters. The first-order valence-corrected chi connectivity index (χ1v) is 12.8. The Morgan fingerprint density at radius 3 is 2.08 bits per heavy atom. The topological polar surface area (TPSA) is 108 Å². The molecule has 2 bridgehead atoms. The molecule has 0 fully saturated rings. The number of rotatable bonds is 2. The Kier molecular flexibility index (Phi) is 9.44. The SMILES string of the molecule is C[C@@H]1NC(=O)[C@@H](C)Cc2cccc(c2)C[C@H](C)NC(=O)[C@H](Cc2ccccc2)NC(=O)[C@@H](C)N(C)C1=O. The third kappa shape index (κ3) is 7.65. The van der Waals surface area contributed by atoms with Crippen LogP contribution in [0.15, 0.2) is 54.6 Å². The highest BCUT2D eigenvalue weighted by atomic mass is 16.2. The molecule has 2 aromatic carbocycles. The van der Waals surface area contributed by atoms with Gasteiger partial charge in [0, 0.05) is 25.4 Å². The molecule has 8 heteroatoms. The van der Waals surface area contributed by atoms with Crippen molar-refractivity contribution in [3.63, 3.8) is 0 Å². The number of fused-ring (bicyclic) bond motifs is 2. The molecule has 3 N–H and O–H groups in total. The summed E-state index contributed by atoms with van der Waals surface area (Å²) in [5.74, 6) is -1.67. The van der Waals surface area contributed by atoms with Crippen molar-refractivity contribution in [3.8, 4) is 0 Å². The Hall–Kier alpha value is -3.68. The summed E-state index contributed by atoms with van der Waals surface area (Å²) in [5, 5.41) is 8.68. The smallest absolute Gasteiger partial charge is 0.245 e. The Bertz CT molecular complexity index is 1120. The number of amides is 4. The second-order valence-corrected chi connectivity index (χ2v) is 10.1. The van der Waals surface area contributed by atoms with E-state index in [1.165, 1.54) is 11.9 Å². The van der Waals surface area contributed by atoms with Crippen LogP contribution in [0.2, 0.25) is 0 Å². The van der Waals surface area contributed by atoms with E-state index in [-0.39, 0.29) is 29.7 Å². The second-order valence-electron chi connectivity index (χ2n) is 10.1. The van der Waals surface area contributed by atoms with Crippen molar-refractivity contribution in [1.29, 1.82) is 0 Å². The number of likely N-dealkylation sites (N-methyl/N-ethyl adjacent to an activating group) is 1. The van der Waals surface area contributed by atoms with E-state index in [0.717, 1.165) is 16.7 Å². The zero-order valence-corrected chi connectivity index (χ0v) is 22.3. The highest BCUT2D eigenvalue weighted by Gasteiger charge is 2.31. The van der Waals surface area contributed by atoms with Crippen LogP contribution in [0.3, 0.4) is 0 Å². The summed E-state index contributed by atoms with van der Waals surface area (Å²) < 4.78 is 0. The van der Waals surface area contributed by atoms with Gasteiger partial charge in [0.2, 0.25) is 23.6 Å². The lowest BCUT2D eigenvalue weighted by molar-refractivity contribution is -0.142. The number of carbonyl (C=O) groups excluding carboxylic acids is 4. The van der Waals surface area contributed by atoms with Crippen LogP contribution >= 0.6 is 0 Å². The Balaban J connectivity index is 1.91. The van der Waals surface area contributed by atoms with Gasteiger partial charge >= 0.3 is 0 Å². The summed E-state index contributed by atoms with van der Waals surface area (Å²) in [6, 6.07) is 14.8. The number of hydrogen-bond acceptors (Lipinski definition) is 4. The molecule has 0 aromatic heterocycles. The highest BCUT2D eigenvalue weighted by molar-refractivity contribution is 5.94. The molecule has 0 spiro atoms. The summed E-state index contributed by atoms with van der Waals surface area (Å²) in [6.07, 6.45) is 1.45. The first kappa shape index (κ1) is 27.9. The van der Waals surface area contributed by atoms with Crippen molar-refractivity contribution in [2.24, 2.45) is 5.92 Å². The zero-order valence-electron chi connectivity index (χ0n) is 22.3. The van der Waals surface area contributed by atoms with E-state index in [9.17, 15) is 19.2 Å². The van der Waals surface area contributed by atoms with Gasteiger partial charge in [-0.25, -0.2) is 0 Å². The van der Waals surface area contributed by atoms with Crippen LogP contribution in [-0.2, 0) is 38.4 Å². The molecular formula is C29H38N4O4. The van der Waals surface area contributed by atoms with Crippen molar-refractivity contribution < 1.29 is 19.2 Å². The van der Waals surface area contributed by atoms with Crippen LogP contribution in [0.25, 0.3) is 0 Å². The molecule has 37 heavy (non-hydrogen) atoms. The third-order valence-electron chi connectivity index (χ3n) is 6.86. The Morgan fingerprint density at radius 1 is 0.757 bits per heavy atom. The lowest BCUT2D eigenvalue weighted by Crippen LogP contribution is -2.57. The van der Waals surface area contributed by atoms with Gasteiger partial charge < -0.3 is 20.9 Å². The standard InChI is InChI=1S/C29H38N4O4/c1-18-14-23-12-9-13-24(16-23)15-19(2)30-28(36)25(17-22-10-7-6-8-11-22)32-27(35)21(4)33(5)29(37)20(3)31-26(18)34/h6-13,16,18-21,25H,14-15,17H2,1-5H3,(H,30,36)(H,31,34)(H,32,35)/t18-,19-,20-,21+,25-/m0/s1. The fourth-order valence-electron chi connectivity index (χ4n) is 4.52. The van der Waals surface area contributed by atoms with Crippen molar-refractivity contribution in [2.75, 3.05) is 7.05 Å². The molecule has 1 aliphatic rings. The zero-order chi connectivity index (χ0) is 27.1. The van der Waals surface area contributed by atoms with E-state index in [0.29, 0.717) is 19.3 Å². The molecule has 3 rings (SSSR count). The van der Waals surface area contributed by atoms with Gasteiger partial charge in [-0.05, 0) is 50.3 Å². The fraction of sp³-hybridized carbons (Fsp3) is 0.448. The van der Waals surface area contributed by atoms with Crippen LogP contribution in [-0.4, -0.2) is 59.7 Å². The van der Waals surface area contributed by atoms with Gasteiger partial charge in [0.1, 0.15) is 18.1 Å². The second kappa shape index (κ2) is 12.5. The van der Waals surface area contributed by atoms with Gasteiger partial charge in [-0.1, -0.05) is 61.5 Å². The molecule has 1 heterocycles. The largest absolute Gasteiger partial charge is 0.352 e. The van der Waals surface area contributed by atoms with Crippen LogP contribution < -0.4 is 16.0 Å². The number of nitrogens with one attached hydrogen (secondary N) is 3.